The highest BCUT2D eigenvalue weighted by Gasteiger charge is 2.22. The first kappa shape index (κ1) is 20.6. The SMILES string of the molecule is C=C(C)c1ccc(C)cc1-c1c(O)cc(CCCCC)c(-c2ccncn2)c1O. The van der Waals surface area contributed by atoms with Crippen LogP contribution in [0.2, 0.25) is 0 Å². The molecule has 2 aromatic carbocycles. The van der Waals surface area contributed by atoms with E-state index in [0.29, 0.717) is 16.8 Å². The van der Waals surface area contributed by atoms with Crippen molar-refractivity contribution < 1.29 is 10.2 Å². The highest BCUT2D eigenvalue weighted by molar-refractivity contribution is 5.91. The van der Waals surface area contributed by atoms with Gasteiger partial charge in [0, 0.05) is 11.8 Å². The van der Waals surface area contributed by atoms with Crippen LogP contribution in [0.1, 0.15) is 49.8 Å². The zero-order valence-electron chi connectivity index (χ0n) is 17.4. The predicted molar refractivity (Wildman–Crippen MR) is 119 cm³/mol. The summed E-state index contributed by atoms with van der Waals surface area (Å²) in [7, 11) is 0. The molecule has 4 nitrogen and oxygen atoms in total. The number of rotatable bonds is 7. The van der Waals surface area contributed by atoms with Gasteiger partial charge in [0.05, 0.1) is 11.3 Å². The molecule has 0 aliphatic carbocycles. The van der Waals surface area contributed by atoms with Crippen molar-refractivity contribution in [1.82, 2.24) is 9.97 Å². The number of hydrogen-bond acceptors (Lipinski definition) is 4. The Labute approximate surface area is 172 Å². The number of aromatic nitrogens is 2. The third-order valence-corrected chi connectivity index (χ3v) is 5.15. The molecule has 1 heterocycles. The third-order valence-electron chi connectivity index (χ3n) is 5.15. The van der Waals surface area contributed by atoms with E-state index in [-0.39, 0.29) is 11.5 Å². The van der Waals surface area contributed by atoms with Gasteiger partial charge in [0.1, 0.15) is 17.8 Å². The maximum atomic E-state index is 11.4. The molecule has 0 radical (unpaired) electrons. The van der Waals surface area contributed by atoms with Crippen LogP contribution < -0.4 is 0 Å². The van der Waals surface area contributed by atoms with Gasteiger partial charge >= 0.3 is 0 Å². The van der Waals surface area contributed by atoms with Crippen LogP contribution in [-0.2, 0) is 6.42 Å². The molecule has 150 valence electrons. The van der Waals surface area contributed by atoms with Crippen molar-refractivity contribution >= 4 is 5.57 Å². The zero-order valence-corrected chi connectivity index (χ0v) is 17.4. The van der Waals surface area contributed by atoms with E-state index in [1.807, 2.05) is 32.0 Å². The fourth-order valence-electron chi connectivity index (χ4n) is 3.70. The summed E-state index contributed by atoms with van der Waals surface area (Å²) in [5.41, 5.74) is 6.19. The molecular formula is C25H28N2O2. The van der Waals surface area contributed by atoms with Crippen molar-refractivity contribution in [2.75, 3.05) is 0 Å². The van der Waals surface area contributed by atoms with Crippen molar-refractivity contribution in [2.45, 2.75) is 46.5 Å². The average molecular weight is 389 g/mol. The molecule has 3 rings (SSSR count). The van der Waals surface area contributed by atoms with Gasteiger partial charge in [-0.15, -0.1) is 0 Å². The maximum Gasteiger partial charge on any atom is 0.136 e. The molecule has 0 spiro atoms. The number of nitrogens with zero attached hydrogens (tertiary/aromatic N) is 2. The standard InChI is InChI=1S/C25H28N2O2/c1-5-6-7-8-18-14-22(28)24(20-13-17(4)9-10-19(20)16(2)3)25(29)23(18)21-11-12-26-15-27-21/h9-15,28-29H,2,5-8H2,1,3-4H3. The fraction of sp³-hybridized carbons (Fsp3) is 0.280. The largest absolute Gasteiger partial charge is 0.507 e. The van der Waals surface area contributed by atoms with Crippen molar-refractivity contribution in [3.8, 4) is 33.9 Å². The van der Waals surface area contributed by atoms with E-state index in [9.17, 15) is 10.2 Å². The Balaban J connectivity index is 2.28. The van der Waals surface area contributed by atoms with Gasteiger partial charge in [-0.05, 0) is 55.5 Å². The summed E-state index contributed by atoms with van der Waals surface area (Å²) in [6.07, 6.45) is 7.07. The molecule has 0 atom stereocenters. The van der Waals surface area contributed by atoms with Gasteiger partial charge in [-0.2, -0.15) is 0 Å². The molecule has 0 aliphatic heterocycles. The van der Waals surface area contributed by atoms with Crippen molar-refractivity contribution in [1.29, 1.82) is 0 Å². The Morgan fingerprint density at radius 1 is 1.07 bits per heavy atom. The Bertz CT molecular complexity index is 1030. The summed E-state index contributed by atoms with van der Waals surface area (Å²) in [4.78, 5) is 8.37. The first-order valence-electron chi connectivity index (χ1n) is 10.0. The lowest BCUT2D eigenvalue weighted by molar-refractivity contribution is 0.454. The second-order valence-electron chi connectivity index (χ2n) is 7.53. The molecule has 29 heavy (non-hydrogen) atoms. The Kier molecular flexibility index (Phi) is 6.32. The molecule has 0 amide bonds. The number of phenols is 2. The zero-order chi connectivity index (χ0) is 21.0. The summed E-state index contributed by atoms with van der Waals surface area (Å²) in [6, 6.07) is 9.51. The normalized spacial score (nSPS) is 10.9. The highest BCUT2D eigenvalue weighted by Crippen LogP contribution is 2.47. The van der Waals surface area contributed by atoms with E-state index in [1.54, 1.807) is 18.3 Å². The number of benzene rings is 2. The first-order valence-corrected chi connectivity index (χ1v) is 10.0. The third kappa shape index (κ3) is 4.32. The van der Waals surface area contributed by atoms with Gasteiger partial charge in [-0.1, -0.05) is 55.7 Å². The van der Waals surface area contributed by atoms with Gasteiger partial charge in [-0.25, -0.2) is 9.97 Å². The minimum atomic E-state index is 0.0447. The van der Waals surface area contributed by atoms with Gasteiger partial charge in [0.2, 0.25) is 0 Å². The van der Waals surface area contributed by atoms with Gasteiger partial charge < -0.3 is 10.2 Å². The van der Waals surface area contributed by atoms with Crippen LogP contribution in [0.15, 0.2) is 49.4 Å². The second kappa shape index (κ2) is 8.91. The summed E-state index contributed by atoms with van der Waals surface area (Å²) >= 11 is 0. The van der Waals surface area contributed by atoms with Crippen LogP contribution >= 0.6 is 0 Å². The Morgan fingerprint density at radius 2 is 1.86 bits per heavy atom. The molecule has 0 aliphatic rings. The number of aromatic hydroxyl groups is 2. The van der Waals surface area contributed by atoms with Crippen molar-refractivity contribution in [3.63, 3.8) is 0 Å². The van der Waals surface area contributed by atoms with E-state index in [2.05, 4.69) is 23.5 Å². The summed E-state index contributed by atoms with van der Waals surface area (Å²) in [5, 5.41) is 22.3. The molecular weight excluding hydrogens is 360 g/mol. The smallest absolute Gasteiger partial charge is 0.136 e. The van der Waals surface area contributed by atoms with Gasteiger partial charge in [-0.3, -0.25) is 0 Å². The lowest BCUT2D eigenvalue weighted by atomic mass is 9.88. The minimum absolute atomic E-state index is 0.0447. The number of unbranched alkanes of at least 4 members (excludes halogenated alkanes) is 2. The molecule has 2 N–H and O–H groups in total. The van der Waals surface area contributed by atoms with Crippen molar-refractivity contribution in [3.05, 3.63) is 66.1 Å². The molecule has 0 saturated heterocycles. The lowest BCUT2D eigenvalue weighted by Gasteiger charge is -2.19. The van der Waals surface area contributed by atoms with E-state index in [0.717, 1.165) is 53.5 Å². The topological polar surface area (TPSA) is 66.2 Å². The number of allylic oxidation sites excluding steroid dienone is 1. The van der Waals surface area contributed by atoms with Crippen LogP contribution in [-0.4, -0.2) is 20.2 Å². The van der Waals surface area contributed by atoms with Gasteiger partial charge in [0.15, 0.2) is 0 Å². The fourth-order valence-corrected chi connectivity index (χ4v) is 3.70. The Hall–Kier alpha value is -3.14. The van der Waals surface area contributed by atoms with Crippen LogP contribution in [0.4, 0.5) is 0 Å². The summed E-state index contributed by atoms with van der Waals surface area (Å²) in [5.74, 6) is 0.114. The van der Waals surface area contributed by atoms with E-state index < -0.39 is 0 Å². The Morgan fingerprint density at radius 3 is 2.52 bits per heavy atom. The number of aryl methyl sites for hydroxylation is 2. The van der Waals surface area contributed by atoms with E-state index >= 15 is 0 Å². The monoisotopic (exact) mass is 388 g/mol. The molecule has 3 aromatic rings. The molecule has 0 unspecified atom stereocenters. The molecule has 0 bridgehead atoms. The second-order valence-corrected chi connectivity index (χ2v) is 7.53. The lowest BCUT2D eigenvalue weighted by Crippen LogP contribution is -1.98. The predicted octanol–water partition coefficient (Wildman–Crippen LogP) is 6.30. The molecule has 1 aromatic heterocycles. The quantitative estimate of drug-likeness (QED) is 0.466. The van der Waals surface area contributed by atoms with Crippen LogP contribution in [0.5, 0.6) is 11.5 Å². The maximum absolute atomic E-state index is 11.4. The van der Waals surface area contributed by atoms with Crippen LogP contribution in [0.25, 0.3) is 28.0 Å². The highest BCUT2D eigenvalue weighted by atomic mass is 16.3. The van der Waals surface area contributed by atoms with E-state index in [4.69, 9.17) is 0 Å². The van der Waals surface area contributed by atoms with Crippen LogP contribution in [0, 0.1) is 6.92 Å². The molecule has 4 heteroatoms. The summed E-state index contributed by atoms with van der Waals surface area (Å²) < 4.78 is 0. The van der Waals surface area contributed by atoms with Crippen molar-refractivity contribution in [2.24, 2.45) is 0 Å². The molecule has 0 fully saturated rings. The average Bonchev–Trinajstić information content (AvgIpc) is 2.68. The number of phenolic OH excluding ortho intramolecular Hbond substituents is 2. The van der Waals surface area contributed by atoms with E-state index in [1.165, 1.54) is 6.33 Å². The first-order chi connectivity index (χ1) is 13.9. The summed E-state index contributed by atoms with van der Waals surface area (Å²) in [6.45, 7) is 10.1. The molecule has 0 saturated carbocycles. The minimum Gasteiger partial charge on any atom is -0.507 e. The number of hydrogen-bond donors (Lipinski definition) is 2. The van der Waals surface area contributed by atoms with Crippen LogP contribution in [0.3, 0.4) is 0 Å². The van der Waals surface area contributed by atoms with Gasteiger partial charge in [0.25, 0.3) is 0 Å².